The number of aromatic amines is 1. The van der Waals surface area contributed by atoms with Crippen LogP contribution in [0.15, 0.2) is 18.2 Å². The number of nitrogens with two attached hydrogens (primary N) is 1. The van der Waals surface area contributed by atoms with Gasteiger partial charge in [0.1, 0.15) is 0 Å². The van der Waals surface area contributed by atoms with Crippen LogP contribution in [0, 0.1) is 0 Å². The third-order valence-electron chi connectivity index (χ3n) is 2.72. The highest BCUT2D eigenvalue weighted by atomic mass is 19.4. The van der Waals surface area contributed by atoms with E-state index >= 15 is 0 Å². The molecule has 0 bridgehead atoms. The molecule has 0 aliphatic rings. The number of hydrogen-bond acceptors (Lipinski definition) is 3. The molecule has 0 radical (unpaired) electrons. The number of rotatable bonds is 3. The number of alkyl halides is 3. The minimum Gasteiger partial charge on any atom is -0.396 e. The molecule has 1 atom stereocenters. The number of H-pyrrole nitrogens is 1. The number of benzene rings is 1. The average molecular weight is 259 g/mol. The molecule has 4 N–H and O–H groups in total. The first-order valence-corrected chi connectivity index (χ1v) is 5.35. The second kappa shape index (κ2) is 4.58. The fraction of sp³-hybridized carbons (Fsp3) is 0.364. The van der Waals surface area contributed by atoms with E-state index in [1.165, 1.54) is 6.07 Å². The van der Waals surface area contributed by atoms with Crippen molar-refractivity contribution in [3.05, 3.63) is 29.5 Å². The Morgan fingerprint density at radius 2 is 2.11 bits per heavy atom. The van der Waals surface area contributed by atoms with Gasteiger partial charge in [0.25, 0.3) is 0 Å². The molecule has 2 aromatic rings. The van der Waals surface area contributed by atoms with Crippen molar-refractivity contribution < 1.29 is 18.3 Å². The highest BCUT2D eigenvalue weighted by Gasteiger charge is 2.31. The van der Waals surface area contributed by atoms with Gasteiger partial charge < -0.3 is 10.8 Å². The van der Waals surface area contributed by atoms with Crippen LogP contribution in [0.2, 0.25) is 0 Å². The summed E-state index contributed by atoms with van der Waals surface area (Å²) in [6.45, 7) is -0.0949. The molecule has 0 saturated carbocycles. The largest absolute Gasteiger partial charge is 0.416 e. The molecule has 1 aromatic carbocycles. The van der Waals surface area contributed by atoms with E-state index in [1.54, 1.807) is 0 Å². The molecular weight excluding hydrogens is 247 g/mol. The Bertz CT molecular complexity index is 550. The van der Waals surface area contributed by atoms with Gasteiger partial charge >= 0.3 is 6.18 Å². The first-order valence-electron chi connectivity index (χ1n) is 5.35. The van der Waals surface area contributed by atoms with Crippen molar-refractivity contribution in [3.8, 4) is 0 Å². The van der Waals surface area contributed by atoms with Crippen molar-refractivity contribution in [3.63, 3.8) is 0 Å². The van der Waals surface area contributed by atoms with Gasteiger partial charge in [-0.25, -0.2) is 0 Å². The van der Waals surface area contributed by atoms with E-state index in [9.17, 15) is 13.2 Å². The van der Waals surface area contributed by atoms with Crippen LogP contribution in [0.25, 0.3) is 10.9 Å². The molecule has 1 heterocycles. The van der Waals surface area contributed by atoms with Crippen molar-refractivity contribution in [1.29, 1.82) is 0 Å². The molecule has 0 aliphatic heterocycles. The SMILES string of the molecule is NC(CCO)c1[nH]nc2cc(C(F)(F)F)ccc12. The van der Waals surface area contributed by atoms with E-state index in [0.717, 1.165) is 12.1 Å². The number of aliphatic hydroxyl groups excluding tert-OH is 1. The number of halogens is 3. The van der Waals surface area contributed by atoms with Gasteiger partial charge in [0.05, 0.1) is 16.8 Å². The Kier molecular flexibility index (Phi) is 3.27. The van der Waals surface area contributed by atoms with Crippen LogP contribution in [-0.2, 0) is 6.18 Å². The predicted molar refractivity (Wildman–Crippen MR) is 59.7 cm³/mol. The lowest BCUT2D eigenvalue weighted by atomic mass is 10.1. The van der Waals surface area contributed by atoms with Crippen LogP contribution in [0.4, 0.5) is 13.2 Å². The van der Waals surface area contributed by atoms with Crippen molar-refractivity contribution in [2.45, 2.75) is 18.6 Å². The second-order valence-corrected chi connectivity index (χ2v) is 3.99. The number of fused-ring (bicyclic) bond motifs is 1. The number of nitrogens with zero attached hydrogens (tertiary/aromatic N) is 1. The maximum atomic E-state index is 12.5. The highest BCUT2D eigenvalue weighted by Crippen LogP contribution is 2.32. The maximum absolute atomic E-state index is 12.5. The summed E-state index contributed by atoms with van der Waals surface area (Å²) >= 11 is 0. The lowest BCUT2D eigenvalue weighted by molar-refractivity contribution is -0.137. The third kappa shape index (κ3) is 2.32. The van der Waals surface area contributed by atoms with Gasteiger partial charge in [-0.1, -0.05) is 6.07 Å². The molecule has 0 spiro atoms. The summed E-state index contributed by atoms with van der Waals surface area (Å²) in [7, 11) is 0. The zero-order valence-electron chi connectivity index (χ0n) is 9.33. The zero-order valence-corrected chi connectivity index (χ0v) is 9.33. The molecule has 0 saturated heterocycles. The summed E-state index contributed by atoms with van der Waals surface area (Å²) in [4.78, 5) is 0. The summed E-state index contributed by atoms with van der Waals surface area (Å²) in [5, 5.41) is 15.8. The number of aromatic nitrogens is 2. The van der Waals surface area contributed by atoms with Crippen LogP contribution >= 0.6 is 0 Å². The molecule has 18 heavy (non-hydrogen) atoms. The van der Waals surface area contributed by atoms with Gasteiger partial charge in [-0.05, 0) is 18.6 Å². The molecule has 0 aliphatic carbocycles. The van der Waals surface area contributed by atoms with Crippen LogP contribution in [-0.4, -0.2) is 21.9 Å². The van der Waals surface area contributed by atoms with Gasteiger partial charge in [0.15, 0.2) is 0 Å². The number of hydrogen-bond donors (Lipinski definition) is 3. The lowest BCUT2D eigenvalue weighted by Gasteiger charge is -2.08. The van der Waals surface area contributed by atoms with Gasteiger partial charge in [-0.2, -0.15) is 18.3 Å². The lowest BCUT2D eigenvalue weighted by Crippen LogP contribution is -2.12. The number of aliphatic hydroxyl groups is 1. The Labute approximate surface area is 101 Å². The third-order valence-corrected chi connectivity index (χ3v) is 2.72. The highest BCUT2D eigenvalue weighted by molar-refractivity contribution is 5.82. The maximum Gasteiger partial charge on any atom is 0.416 e. The van der Waals surface area contributed by atoms with Gasteiger partial charge in [-0.3, -0.25) is 5.10 Å². The smallest absolute Gasteiger partial charge is 0.396 e. The number of nitrogens with one attached hydrogen (secondary N) is 1. The monoisotopic (exact) mass is 259 g/mol. The fourth-order valence-corrected chi connectivity index (χ4v) is 1.77. The summed E-state index contributed by atoms with van der Waals surface area (Å²) in [6, 6.07) is 2.83. The molecule has 2 rings (SSSR count). The van der Waals surface area contributed by atoms with E-state index in [1.807, 2.05) is 0 Å². The Balaban J connectivity index is 2.44. The van der Waals surface area contributed by atoms with Gasteiger partial charge in [0, 0.05) is 18.0 Å². The second-order valence-electron chi connectivity index (χ2n) is 3.99. The first kappa shape index (κ1) is 12.8. The van der Waals surface area contributed by atoms with Crippen molar-refractivity contribution >= 4 is 10.9 Å². The van der Waals surface area contributed by atoms with E-state index in [2.05, 4.69) is 10.2 Å². The zero-order chi connectivity index (χ0) is 13.3. The molecular formula is C11H12F3N3O. The Morgan fingerprint density at radius 3 is 2.72 bits per heavy atom. The fourth-order valence-electron chi connectivity index (χ4n) is 1.77. The predicted octanol–water partition coefficient (Wildman–Crippen LogP) is 1.96. The molecule has 1 aromatic heterocycles. The van der Waals surface area contributed by atoms with Crippen LogP contribution in [0.1, 0.15) is 23.7 Å². The summed E-state index contributed by atoms with van der Waals surface area (Å²) in [6.07, 6.45) is -4.07. The summed E-state index contributed by atoms with van der Waals surface area (Å²) in [5.41, 5.74) is 5.79. The van der Waals surface area contributed by atoms with Crippen LogP contribution in [0.5, 0.6) is 0 Å². The van der Waals surface area contributed by atoms with Gasteiger partial charge in [-0.15, -0.1) is 0 Å². The Hall–Kier alpha value is -1.60. The summed E-state index contributed by atoms with van der Waals surface area (Å²) in [5.74, 6) is 0. The summed E-state index contributed by atoms with van der Waals surface area (Å²) < 4.78 is 37.5. The van der Waals surface area contributed by atoms with Crippen molar-refractivity contribution in [1.82, 2.24) is 10.2 Å². The van der Waals surface area contributed by atoms with Crippen LogP contribution in [0.3, 0.4) is 0 Å². The normalized spacial score (nSPS) is 14.1. The quantitative estimate of drug-likeness (QED) is 0.788. The molecule has 4 nitrogen and oxygen atoms in total. The topological polar surface area (TPSA) is 74.9 Å². The molecule has 1 unspecified atom stereocenters. The van der Waals surface area contributed by atoms with E-state index in [0.29, 0.717) is 17.5 Å². The average Bonchev–Trinajstić information content (AvgIpc) is 2.70. The Morgan fingerprint density at radius 1 is 1.39 bits per heavy atom. The minimum atomic E-state index is -4.39. The van der Waals surface area contributed by atoms with E-state index in [-0.39, 0.29) is 12.1 Å². The molecule has 7 heteroatoms. The standard InChI is InChI=1S/C11H12F3N3O/c12-11(13,14)6-1-2-7-9(5-6)16-17-10(7)8(15)3-4-18/h1-2,5,8,18H,3-4,15H2,(H,16,17). The molecule has 98 valence electrons. The van der Waals surface area contributed by atoms with Gasteiger partial charge in [0.2, 0.25) is 0 Å². The minimum absolute atomic E-state index is 0.0949. The van der Waals surface area contributed by atoms with E-state index in [4.69, 9.17) is 10.8 Å². The van der Waals surface area contributed by atoms with E-state index < -0.39 is 17.8 Å². The van der Waals surface area contributed by atoms with Crippen LogP contribution < -0.4 is 5.73 Å². The molecule has 0 fully saturated rings. The first-order chi connectivity index (χ1) is 8.43. The van der Waals surface area contributed by atoms with Crippen molar-refractivity contribution in [2.75, 3.05) is 6.61 Å². The molecule has 0 amide bonds. The van der Waals surface area contributed by atoms with Crippen molar-refractivity contribution in [2.24, 2.45) is 5.73 Å².